The van der Waals surface area contributed by atoms with Gasteiger partial charge in [-0.25, -0.2) is 0 Å². The van der Waals surface area contributed by atoms with Crippen LogP contribution in [0.1, 0.15) is 29.5 Å². The van der Waals surface area contributed by atoms with E-state index >= 15 is 0 Å². The fraction of sp³-hybridized carbons (Fsp3) is 0.519. The summed E-state index contributed by atoms with van der Waals surface area (Å²) in [7, 11) is 8.59. The van der Waals surface area contributed by atoms with E-state index < -0.39 is 5.97 Å². The normalized spacial score (nSPS) is 10.9. The molecule has 0 fully saturated rings. The minimum Gasteiger partial charge on any atom is -0.493 e. The van der Waals surface area contributed by atoms with E-state index in [0.29, 0.717) is 11.5 Å². The molecule has 0 bridgehead atoms. The molecule has 2 rings (SSSR count). The Morgan fingerprint density at radius 1 is 0.800 bits per heavy atom. The van der Waals surface area contributed by atoms with Crippen LogP contribution >= 0.6 is 0 Å². The number of aliphatic carboxylic acids is 1. The van der Waals surface area contributed by atoms with Crippen LogP contribution in [0.4, 0.5) is 0 Å². The first-order valence-corrected chi connectivity index (χ1v) is 12.0. The van der Waals surface area contributed by atoms with Gasteiger partial charge in [0.05, 0.1) is 34.9 Å². The van der Waals surface area contributed by atoms with Gasteiger partial charge in [0, 0.05) is 0 Å². The van der Waals surface area contributed by atoms with E-state index in [9.17, 15) is 9.90 Å². The van der Waals surface area contributed by atoms with Crippen molar-refractivity contribution < 1.29 is 28.8 Å². The van der Waals surface area contributed by atoms with Gasteiger partial charge in [-0.3, -0.25) is 4.79 Å². The number of nitrogens with zero attached hydrogens (tertiary/aromatic N) is 1. The number of aryl methyl sites for hydroxylation is 1. The molecular weight excluding hydrogens is 448 g/mol. The van der Waals surface area contributed by atoms with Crippen molar-refractivity contribution in [1.82, 2.24) is 10.2 Å². The Bertz CT molecular complexity index is 934. The summed E-state index contributed by atoms with van der Waals surface area (Å²) in [5.41, 5.74) is 2.96. The first-order valence-electron chi connectivity index (χ1n) is 12.0. The first kappa shape index (κ1) is 28.3. The second-order valence-corrected chi connectivity index (χ2v) is 8.50. The summed E-state index contributed by atoms with van der Waals surface area (Å²) >= 11 is 0. The lowest BCUT2D eigenvalue weighted by Crippen LogP contribution is -2.26. The van der Waals surface area contributed by atoms with E-state index in [1.54, 1.807) is 34.5 Å². The number of hydrogen-bond acceptors (Lipinski definition) is 7. The van der Waals surface area contributed by atoms with Crippen molar-refractivity contribution in [2.75, 3.05) is 61.7 Å². The lowest BCUT2D eigenvalue weighted by Gasteiger charge is -2.17. The predicted octanol–water partition coefficient (Wildman–Crippen LogP) is 3.43. The standard InChI is InChI=1S/C27H40N2O6/c1-29(14-6-8-20-9-10-23(32-2)24(16-20)33-3)15-7-12-28-13-11-21-17-25(34-4)26(35-5)18-22(21)19-27(30)31/h9-10,16-18,28H,6-8,11-15,19H2,1-5H3,(H,30,31). The van der Waals surface area contributed by atoms with Crippen LogP contribution in [-0.4, -0.2) is 77.6 Å². The molecule has 0 heterocycles. The average Bonchev–Trinajstić information content (AvgIpc) is 2.85. The number of benzene rings is 2. The van der Waals surface area contributed by atoms with E-state index in [-0.39, 0.29) is 6.42 Å². The Kier molecular flexibility index (Phi) is 12.2. The smallest absolute Gasteiger partial charge is 0.307 e. The second kappa shape index (κ2) is 15.1. The summed E-state index contributed by atoms with van der Waals surface area (Å²) in [6, 6.07) is 9.73. The number of carboxylic acid groups (broad SMARTS) is 1. The van der Waals surface area contributed by atoms with Gasteiger partial charge in [0.2, 0.25) is 0 Å². The monoisotopic (exact) mass is 488 g/mol. The number of carbonyl (C=O) groups is 1. The van der Waals surface area contributed by atoms with Crippen molar-refractivity contribution in [2.45, 2.75) is 32.1 Å². The van der Waals surface area contributed by atoms with Crippen LogP contribution < -0.4 is 24.3 Å². The average molecular weight is 489 g/mol. The van der Waals surface area contributed by atoms with E-state index in [4.69, 9.17) is 18.9 Å². The molecule has 2 N–H and O–H groups in total. The van der Waals surface area contributed by atoms with Crippen molar-refractivity contribution in [2.24, 2.45) is 0 Å². The van der Waals surface area contributed by atoms with Crippen LogP contribution in [0, 0.1) is 0 Å². The first-order chi connectivity index (χ1) is 16.9. The van der Waals surface area contributed by atoms with E-state index in [2.05, 4.69) is 23.3 Å². The zero-order valence-electron chi connectivity index (χ0n) is 21.7. The van der Waals surface area contributed by atoms with Crippen molar-refractivity contribution in [3.8, 4) is 23.0 Å². The van der Waals surface area contributed by atoms with Crippen LogP contribution in [-0.2, 0) is 24.1 Å². The number of methoxy groups -OCH3 is 4. The molecule has 0 aliphatic rings. The lowest BCUT2D eigenvalue weighted by molar-refractivity contribution is -0.136. The zero-order valence-corrected chi connectivity index (χ0v) is 21.7. The van der Waals surface area contributed by atoms with Crippen LogP contribution in [0.15, 0.2) is 30.3 Å². The number of nitrogens with one attached hydrogen (secondary N) is 1. The fourth-order valence-electron chi connectivity index (χ4n) is 4.05. The Morgan fingerprint density at radius 2 is 1.40 bits per heavy atom. The SMILES string of the molecule is COc1ccc(CCCN(C)CCCNCCc2cc(OC)c(OC)cc2CC(=O)O)cc1OC. The Balaban J connectivity index is 1.70. The van der Waals surface area contributed by atoms with E-state index in [1.165, 1.54) is 5.56 Å². The summed E-state index contributed by atoms with van der Waals surface area (Å²) in [5, 5.41) is 12.7. The van der Waals surface area contributed by atoms with Crippen LogP contribution in [0.2, 0.25) is 0 Å². The molecule has 0 aliphatic carbocycles. The molecule has 8 nitrogen and oxygen atoms in total. The highest BCUT2D eigenvalue weighted by molar-refractivity contribution is 5.71. The maximum absolute atomic E-state index is 11.3. The lowest BCUT2D eigenvalue weighted by atomic mass is 10.0. The quantitative estimate of drug-likeness (QED) is 0.328. The summed E-state index contributed by atoms with van der Waals surface area (Å²) < 4.78 is 21.4. The minimum absolute atomic E-state index is 0.0379. The molecule has 0 atom stereocenters. The molecule has 0 aromatic heterocycles. The van der Waals surface area contributed by atoms with Gasteiger partial charge in [0.25, 0.3) is 0 Å². The maximum atomic E-state index is 11.3. The van der Waals surface area contributed by atoms with Crippen LogP contribution in [0.3, 0.4) is 0 Å². The highest BCUT2D eigenvalue weighted by Crippen LogP contribution is 2.31. The van der Waals surface area contributed by atoms with Gasteiger partial charge < -0.3 is 34.3 Å². The molecule has 2 aromatic carbocycles. The molecule has 0 unspecified atom stereocenters. The van der Waals surface area contributed by atoms with Gasteiger partial charge in [0.15, 0.2) is 23.0 Å². The van der Waals surface area contributed by atoms with E-state index in [1.807, 2.05) is 18.2 Å². The Hall–Kier alpha value is -2.97. The summed E-state index contributed by atoms with van der Waals surface area (Å²) in [6.07, 6.45) is 3.80. The molecule has 35 heavy (non-hydrogen) atoms. The second-order valence-electron chi connectivity index (χ2n) is 8.50. The van der Waals surface area contributed by atoms with Crippen molar-refractivity contribution in [1.29, 1.82) is 0 Å². The summed E-state index contributed by atoms with van der Waals surface area (Å²) in [5.74, 6) is 1.83. The zero-order chi connectivity index (χ0) is 25.6. The molecule has 0 spiro atoms. The number of rotatable bonds is 17. The molecule has 0 saturated heterocycles. The van der Waals surface area contributed by atoms with Crippen LogP contribution in [0.5, 0.6) is 23.0 Å². The summed E-state index contributed by atoms with van der Waals surface area (Å²) in [6.45, 7) is 3.71. The van der Waals surface area contributed by atoms with Crippen molar-refractivity contribution in [3.63, 3.8) is 0 Å². The van der Waals surface area contributed by atoms with Gasteiger partial charge in [-0.15, -0.1) is 0 Å². The molecule has 2 aromatic rings. The third-order valence-corrected chi connectivity index (χ3v) is 5.97. The molecule has 0 saturated carbocycles. The number of hydrogen-bond donors (Lipinski definition) is 2. The summed E-state index contributed by atoms with van der Waals surface area (Å²) in [4.78, 5) is 13.6. The molecular formula is C27H40N2O6. The highest BCUT2D eigenvalue weighted by atomic mass is 16.5. The van der Waals surface area contributed by atoms with Gasteiger partial charge in [-0.05, 0) is 99.9 Å². The molecule has 194 valence electrons. The predicted molar refractivity (Wildman–Crippen MR) is 137 cm³/mol. The molecule has 0 aliphatic heterocycles. The van der Waals surface area contributed by atoms with Gasteiger partial charge in [0.1, 0.15) is 0 Å². The largest absolute Gasteiger partial charge is 0.493 e. The molecule has 0 radical (unpaired) electrons. The Labute approximate surface area is 209 Å². The third-order valence-electron chi connectivity index (χ3n) is 5.97. The van der Waals surface area contributed by atoms with Gasteiger partial charge in [-0.2, -0.15) is 0 Å². The Morgan fingerprint density at radius 3 is 2.03 bits per heavy atom. The highest BCUT2D eigenvalue weighted by Gasteiger charge is 2.13. The van der Waals surface area contributed by atoms with Crippen molar-refractivity contribution >= 4 is 5.97 Å². The molecule has 0 amide bonds. The topological polar surface area (TPSA) is 89.5 Å². The number of carboxylic acids is 1. The van der Waals surface area contributed by atoms with Gasteiger partial charge >= 0.3 is 5.97 Å². The molecule has 8 heteroatoms. The number of ether oxygens (including phenoxy) is 4. The maximum Gasteiger partial charge on any atom is 0.307 e. The van der Waals surface area contributed by atoms with E-state index in [0.717, 1.165) is 74.5 Å². The van der Waals surface area contributed by atoms with Gasteiger partial charge in [-0.1, -0.05) is 6.07 Å². The third kappa shape index (κ3) is 9.30. The fourth-order valence-corrected chi connectivity index (χ4v) is 4.05. The minimum atomic E-state index is -0.861. The van der Waals surface area contributed by atoms with Crippen molar-refractivity contribution in [3.05, 3.63) is 47.0 Å². The van der Waals surface area contributed by atoms with Crippen LogP contribution in [0.25, 0.3) is 0 Å².